The summed E-state index contributed by atoms with van der Waals surface area (Å²) in [4.78, 5) is 9.75. The maximum atomic E-state index is 9.75. The summed E-state index contributed by atoms with van der Waals surface area (Å²) in [5.41, 5.74) is 0. The molecule has 0 saturated carbocycles. The highest BCUT2D eigenvalue weighted by atomic mass is 16.4. The Morgan fingerprint density at radius 1 is 1.88 bits per heavy atom. The van der Waals surface area contributed by atoms with Crippen LogP contribution in [0.5, 0.6) is 0 Å². The molecule has 0 bridgehead atoms. The van der Waals surface area contributed by atoms with Gasteiger partial charge in [-0.2, -0.15) is 0 Å². The monoisotopic (exact) mass is 117 g/mol. The zero-order valence-corrected chi connectivity index (χ0v) is 4.66. The largest absolute Gasteiger partial charge is 0.481 e. The molecule has 0 aliphatic rings. The minimum absolute atomic E-state index is 0.451. The van der Waals surface area contributed by atoms with Gasteiger partial charge < -0.3 is 10.2 Å². The van der Waals surface area contributed by atoms with Gasteiger partial charge in [-0.1, -0.05) is 6.92 Å². The molecule has 0 aromatic rings. The maximum absolute atomic E-state index is 9.75. The van der Waals surface area contributed by atoms with E-state index in [4.69, 9.17) is 10.2 Å². The number of carbonyl (C=O) groups is 1. The van der Waals surface area contributed by atoms with E-state index in [0.717, 1.165) is 6.42 Å². The first-order valence-electron chi connectivity index (χ1n) is 2.42. The smallest absolute Gasteiger partial charge is 0.310 e. The third kappa shape index (κ3) is 3.61. The van der Waals surface area contributed by atoms with Gasteiger partial charge in [-0.15, -0.1) is 0 Å². The lowest BCUT2D eigenvalue weighted by Crippen LogP contribution is -2.11. The highest BCUT2D eigenvalue weighted by Crippen LogP contribution is 1.92. The number of carboxylic acids is 1. The molecule has 0 aliphatic carbocycles. The highest BCUT2D eigenvalue weighted by molar-refractivity contribution is 5.77. The molecule has 3 heteroatoms. The number of hydrogen-bond acceptors (Lipinski definition) is 2. The van der Waals surface area contributed by atoms with Crippen molar-refractivity contribution in [1.29, 1.82) is 0 Å². The molecule has 3 nitrogen and oxygen atoms in total. The number of hydrogen-bond donors (Lipinski definition) is 2. The van der Waals surface area contributed by atoms with Gasteiger partial charge in [0.1, 0.15) is 0 Å². The standard InChI is InChI=1S/C5H9O3/c1-2-4(6)3-5(7)8/h3-4,6H,2H2,1H3,(H,7,8). The summed E-state index contributed by atoms with van der Waals surface area (Å²) in [5, 5.41) is 16.6. The summed E-state index contributed by atoms with van der Waals surface area (Å²) in [5.74, 6) is -1.07. The first kappa shape index (κ1) is 7.43. The van der Waals surface area contributed by atoms with Gasteiger partial charge in [-0.3, -0.25) is 4.79 Å². The molecule has 1 radical (unpaired) electrons. The molecule has 0 spiro atoms. The second-order valence-electron chi connectivity index (χ2n) is 1.48. The van der Waals surface area contributed by atoms with Gasteiger partial charge in [0.2, 0.25) is 0 Å². The van der Waals surface area contributed by atoms with Gasteiger partial charge >= 0.3 is 5.97 Å². The Hall–Kier alpha value is -0.570. The summed E-state index contributed by atoms with van der Waals surface area (Å²) >= 11 is 0. The Balaban J connectivity index is 3.24. The van der Waals surface area contributed by atoms with E-state index < -0.39 is 12.1 Å². The molecule has 0 heterocycles. The maximum Gasteiger partial charge on any atom is 0.310 e. The van der Waals surface area contributed by atoms with Crippen LogP contribution in [0.2, 0.25) is 0 Å². The van der Waals surface area contributed by atoms with E-state index in [0.29, 0.717) is 6.42 Å². The van der Waals surface area contributed by atoms with Crippen LogP contribution < -0.4 is 0 Å². The molecule has 1 atom stereocenters. The highest BCUT2D eigenvalue weighted by Gasteiger charge is 2.05. The summed E-state index contributed by atoms with van der Waals surface area (Å²) in [6.45, 7) is 1.71. The normalized spacial score (nSPS) is 13.2. The molecular weight excluding hydrogens is 108 g/mol. The Morgan fingerprint density at radius 2 is 2.38 bits per heavy atom. The van der Waals surface area contributed by atoms with Crippen molar-refractivity contribution >= 4 is 5.97 Å². The van der Waals surface area contributed by atoms with Crippen LogP contribution in [0, 0.1) is 6.42 Å². The molecule has 2 N–H and O–H groups in total. The fraction of sp³-hybridized carbons (Fsp3) is 0.600. The SMILES string of the molecule is CCC(O)[CH]C(=O)O. The Kier molecular flexibility index (Phi) is 3.19. The molecule has 0 saturated heterocycles. The summed E-state index contributed by atoms with van der Waals surface area (Å²) in [7, 11) is 0. The van der Waals surface area contributed by atoms with Crippen molar-refractivity contribution in [3.63, 3.8) is 0 Å². The van der Waals surface area contributed by atoms with Gasteiger partial charge in [0.15, 0.2) is 0 Å². The van der Waals surface area contributed by atoms with E-state index in [2.05, 4.69) is 0 Å². The topological polar surface area (TPSA) is 57.5 Å². The van der Waals surface area contributed by atoms with E-state index in [1.165, 1.54) is 0 Å². The van der Waals surface area contributed by atoms with Gasteiger partial charge in [0.05, 0.1) is 12.5 Å². The van der Waals surface area contributed by atoms with E-state index in [1.807, 2.05) is 0 Å². The van der Waals surface area contributed by atoms with Crippen LogP contribution in [-0.2, 0) is 4.79 Å². The zero-order chi connectivity index (χ0) is 6.57. The second-order valence-corrected chi connectivity index (χ2v) is 1.48. The minimum atomic E-state index is -1.07. The Morgan fingerprint density at radius 3 is 2.50 bits per heavy atom. The average Bonchev–Trinajstić information content (AvgIpc) is 1.65. The summed E-state index contributed by atoms with van der Waals surface area (Å²) < 4.78 is 0. The molecule has 47 valence electrons. The fourth-order valence-corrected chi connectivity index (χ4v) is 0.282. The third-order valence-electron chi connectivity index (χ3n) is 0.753. The van der Waals surface area contributed by atoms with E-state index in [9.17, 15) is 4.79 Å². The average molecular weight is 117 g/mol. The number of aliphatic carboxylic acids is 1. The summed E-state index contributed by atoms with van der Waals surface area (Å²) in [6, 6.07) is 0. The second kappa shape index (κ2) is 3.43. The molecule has 8 heavy (non-hydrogen) atoms. The van der Waals surface area contributed by atoms with E-state index in [1.54, 1.807) is 6.92 Å². The molecule has 0 aromatic heterocycles. The zero-order valence-electron chi connectivity index (χ0n) is 4.66. The number of carboxylic acid groups (broad SMARTS) is 1. The van der Waals surface area contributed by atoms with Crippen LogP contribution in [0.3, 0.4) is 0 Å². The van der Waals surface area contributed by atoms with Crippen LogP contribution in [-0.4, -0.2) is 22.3 Å². The molecule has 0 fully saturated rings. The molecule has 0 amide bonds. The predicted molar refractivity (Wildman–Crippen MR) is 28.2 cm³/mol. The van der Waals surface area contributed by atoms with Crippen molar-refractivity contribution in [3.8, 4) is 0 Å². The molecule has 0 rings (SSSR count). The van der Waals surface area contributed by atoms with Gasteiger partial charge in [-0.05, 0) is 6.42 Å². The quantitative estimate of drug-likeness (QED) is 0.549. The van der Waals surface area contributed by atoms with Crippen LogP contribution in [0.1, 0.15) is 13.3 Å². The van der Waals surface area contributed by atoms with Crippen molar-refractivity contribution < 1.29 is 15.0 Å². The summed E-state index contributed by atoms with van der Waals surface area (Å²) in [6.07, 6.45) is 0.513. The lowest BCUT2D eigenvalue weighted by atomic mass is 10.2. The van der Waals surface area contributed by atoms with Crippen molar-refractivity contribution in [2.24, 2.45) is 0 Å². The lowest BCUT2D eigenvalue weighted by Gasteiger charge is -1.99. The number of aliphatic hydroxyl groups is 1. The third-order valence-corrected chi connectivity index (χ3v) is 0.753. The van der Waals surface area contributed by atoms with Crippen LogP contribution >= 0.6 is 0 Å². The van der Waals surface area contributed by atoms with Crippen LogP contribution in [0.4, 0.5) is 0 Å². The van der Waals surface area contributed by atoms with Gasteiger partial charge in [-0.25, -0.2) is 0 Å². The lowest BCUT2D eigenvalue weighted by molar-refractivity contribution is -0.134. The fourth-order valence-electron chi connectivity index (χ4n) is 0.282. The van der Waals surface area contributed by atoms with Crippen molar-refractivity contribution in [3.05, 3.63) is 6.42 Å². The Labute approximate surface area is 47.9 Å². The van der Waals surface area contributed by atoms with Gasteiger partial charge in [0, 0.05) is 0 Å². The van der Waals surface area contributed by atoms with Crippen LogP contribution in [0.15, 0.2) is 0 Å². The van der Waals surface area contributed by atoms with Gasteiger partial charge in [0.25, 0.3) is 0 Å². The van der Waals surface area contributed by atoms with Crippen LogP contribution in [0.25, 0.3) is 0 Å². The molecule has 1 unspecified atom stereocenters. The minimum Gasteiger partial charge on any atom is -0.481 e. The predicted octanol–water partition coefficient (Wildman–Crippen LogP) is 0.0462. The molecule has 0 aliphatic heterocycles. The van der Waals surface area contributed by atoms with Crippen molar-refractivity contribution in [1.82, 2.24) is 0 Å². The number of aliphatic hydroxyl groups excluding tert-OH is 1. The number of rotatable bonds is 3. The van der Waals surface area contributed by atoms with Crippen molar-refractivity contribution in [2.75, 3.05) is 0 Å². The first-order chi connectivity index (χ1) is 3.66. The van der Waals surface area contributed by atoms with E-state index >= 15 is 0 Å². The van der Waals surface area contributed by atoms with E-state index in [-0.39, 0.29) is 0 Å². The molecule has 0 aromatic carbocycles. The molecular formula is C5H9O3. The first-order valence-corrected chi connectivity index (χ1v) is 2.42. The van der Waals surface area contributed by atoms with Crippen molar-refractivity contribution in [2.45, 2.75) is 19.4 Å². The Bertz CT molecular complexity index is 79.7.